The molecule has 3 aromatic rings. The molecule has 0 fully saturated rings. The number of para-hydroxylation sites is 1. The van der Waals surface area contributed by atoms with Gasteiger partial charge in [0.2, 0.25) is 0 Å². The van der Waals surface area contributed by atoms with Crippen LogP contribution in [0, 0.1) is 0 Å². The zero-order valence-corrected chi connectivity index (χ0v) is 12.5. The molecule has 1 aromatic carbocycles. The Bertz CT molecular complexity index is 713. The van der Waals surface area contributed by atoms with Crippen molar-refractivity contribution >= 4 is 11.0 Å². The molecule has 1 unspecified atom stereocenters. The molecular formula is C17H21N3O. The fourth-order valence-corrected chi connectivity index (χ4v) is 2.69. The molecule has 0 aliphatic heterocycles. The van der Waals surface area contributed by atoms with Gasteiger partial charge in [-0.1, -0.05) is 25.1 Å². The van der Waals surface area contributed by atoms with Gasteiger partial charge in [0.05, 0.1) is 12.5 Å². The van der Waals surface area contributed by atoms with Crippen LogP contribution in [0.25, 0.3) is 11.0 Å². The first-order valence-corrected chi connectivity index (χ1v) is 7.45. The van der Waals surface area contributed by atoms with Gasteiger partial charge in [-0.05, 0) is 31.0 Å². The SMILES string of the molecule is CCCNC(Cc1cnn(C)c1)c1coc2ccccc12. The van der Waals surface area contributed by atoms with Gasteiger partial charge in [0.25, 0.3) is 0 Å². The van der Waals surface area contributed by atoms with Crippen LogP contribution in [0.15, 0.2) is 47.3 Å². The second-order valence-electron chi connectivity index (χ2n) is 5.42. The molecule has 0 saturated heterocycles. The van der Waals surface area contributed by atoms with Gasteiger partial charge >= 0.3 is 0 Å². The van der Waals surface area contributed by atoms with Crippen LogP contribution in [0.5, 0.6) is 0 Å². The summed E-state index contributed by atoms with van der Waals surface area (Å²) in [5, 5.41) is 9.07. The van der Waals surface area contributed by atoms with E-state index in [1.165, 1.54) is 16.5 Å². The van der Waals surface area contributed by atoms with Crippen LogP contribution < -0.4 is 5.32 Å². The highest BCUT2D eigenvalue weighted by atomic mass is 16.3. The summed E-state index contributed by atoms with van der Waals surface area (Å²) >= 11 is 0. The molecular weight excluding hydrogens is 262 g/mol. The summed E-state index contributed by atoms with van der Waals surface area (Å²) in [4.78, 5) is 0. The van der Waals surface area contributed by atoms with Crippen LogP contribution in [0.4, 0.5) is 0 Å². The summed E-state index contributed by atoms with van der Waals surface area (Å²) < 4.78 is 7.54. The number of benzene rings is 1. The van der Waals surface area contributed by atoms with Crippen molar-refractivity contribution in [1.82, 2.24) is 15.1 Å². The Kier molecular flexibility index (Phi) is 4.06. The van der Waals surface area contributed by atoms with E-state index in [0.717, 1.165) is 25.0 Å². The molecule has 0 radical (unpaired) electrons. The predicted molar refractivity (Wildman–Crippen MR) is 84.2 cm³/mol. The number of nitrogens with zero attached hydrogens (tertiary/aromatic N) is 2. The van der Waals surface area contributed by atoms with Crippen LogP contribution >= 0.6 is 0 Å². The van der Waals surface area contributed by atoms with Crippen LogP contribution in [-0.2, 0) is 13.5 Å². The zero-order valence-electron chi connectivity index (χ0n) is 12.5. The Hall–Kier alpha value is -2.07. The minimum Gasteiger partial charge on any atom is -0.464 e. The lowest BCUT2D eigenvalue weighted by atomic mass is 10.00. The summed E-state index contributed by atoms with van der Waals surface area (Å²) in [6.45, 7) is 3.17. The maximum atomic E-state index is 5.69. The van der Waals surface area contributed by atoms with E-state index in [-0.39, 0.29) is 6.04 Å². The highest BCUT2D eigenvalue weighted by Crippen LogP contribution is 2.28. The van der Waals surface area contributed by atoms with Crippen LogP contribution in [0.2, 0.25) is 0 Å². The van der Waals surface area contributed by atoms with E-state index < -0.39 is 0 Å². The van der Waals surface area contributed by atoms with E-state index in [1.807, 2.05) is 36.3 Å². The summed E-state index contributed by atoms with van der Waals surface area (Å²) in [6, 6.07) is 8.45. The van der Waals surface area contributed by atoms with Gasteiger partial charge in [-0.3, -0.25) is 4.68 Å². The molecule has 0 aliphatic carbocycles. The molecule has 0 spiro atoms. The van der Waals surface area contributed by atoms with Gasteiger partial charge < -0.3 is 9.73 Å². The Morgan fingerprint density at radius 3 is 2.95 bits per heavy atom. The number of fused-ring (bicyclic) bond motifs is 1. The summed E-state index contributed by atoms with van der Waals surface area (Å²) in [5.41, 5.74) is 3.40. The number of nitrogens with one attached hydrogen (secondary N) is 1. The molecule has 4 nitrogen and oxygen atoms in total. The van der Waals surface area contributed by atoms with Gasteiger partial charge in [-0.15, -0.1) is 0 Å². The first kappa shape index (κ1) is 13.9. The molecule has 21 heavy (non-hydrogen) atoms. The summed E-state index contributed by atoms with van der Waals surface area (Å²) in [6.07, 6.45) is 7.91. The molecule has 0 saturated carbocycles. The van der Waals surface area contributed by atoms with Crippen molar-refractivity contribution < 1.29 is 4.42 Å². The maximum Gasteiger partial charge on any atom is 0.134 e. The molecule has 0 bridgehead atoms. The van der Waals surface area contributed by atoms with E-state index in [0.29, 0.717) is 0 Å². The average molecular weight is 283 g/mol. The molecule has 1 N–H and O–H groups in total. The predicted octanol–water partition coefficient (Wildman–Crippen LogP) is 3.45. The van der Waals surface area contributed by atoms with Gasteiger partial charge in [0.15, 0.2) is 0 Å². The van der Waals surface area contributed by atoms with Gasteiger partial charge in [-0.2, -0.15) is 5.10 Å². The second kappa shape index (κ2) is 6.14. The normalized spacial score (nSPS) is 12.9. The second-order valence-corrected chi connectivity index (χ2v) is 5.42. The first-order valence-electron chi connectivity index (χ1n) is 7.45. The molecule has 110 valence electrons. The number of aryl methyl sites for hydroxylation is 1. The van der Waals surface area contributed by atoms with E-state index in [4.69, 9.17) is 4.42 Å². The number of hydrogen-bond acceptors (Lipinski definition) is 3. The third-order valence-electron chi connectivity index (χ3n) is 3.73. The van der Waals surface area contributed by atoms with Gasteiger partial charge in [0, 0.05) is 30.2 Å². The lowest BCUT2D eigenvalue weighted by Gasteiger charge is -2.17. The summed E-state index contributed by atoms with van der Waals surface area (Å²) in [5.74, 6) is 0. The number of aromatic nitrogens is 2. The fraction of sp³-hybridized carbons (Fsp3) is 0.353. The minimum absolute atomic E-state index is 0.248. The molecule has 1 atom stereocenters. The summed E-state index contributed by atoms with van der Waals surface area (Å²) in [7, 11) is 1.95. The van der Waals surface area contributed by atoms with Crippen molar-refractivity contribution in [1.29, 1.82) is 0 Å². The Morgan fingerprint density at radius 1 is 1.33 bits per heavy atom. The molecule has 0 aliphatic rings. The highest BCUT2D eigenvalue weighted by Gasteiger charge is 2.17. The fourth-order valence-electron chi connectivity index (χ4n) is 2.69. The Labute approximate surface area is 124 Å². The van der Waals surface area contributed by atoms with E-state index in [2.05, 4.69) is 35.7 Å². The molecule has 0 amide bonds. The third kappa shape index (κ3) is 3.00. The minimum atomic E-state index is 0.248. The van der Waals surface area contributed by atoms with Crippen molar-refractivity contribution in [2.45, 2.75) is 25.8 Å². The Morgan fingerprint density at radius 2 is 2.19 bits per heavy atom. The third-order valence-corrected chi connectivity index (χ3v) is 3.73. The van der Waals surface area contributed by atoms with E-state index >= 15 is 0 Å². The molecule has 3 rings (SSSR count). The van der Waals surface area contributed by atoms with E-state index in [9.17, 15) is 0 Å². The molecule has 2 aromatic heterocycles. The lowest BCUT2D eigenvalue weighted by Crippen LogP contribution is -2.23. The Balaban J connectivity index is 1.91. The standard InChI is InChI=1S/C17H21N3O/c1-3-8-18-16(9-13-10-19-20(2)11-13)15-12-21-17-7-5-4-6-14(15)17/h4-7,10-12,16,18H,3,8-9H2,1-2H3. The van der Waals surface area contributed by atoms with Crippen molar-refractivity contribution in [2.75, 3.05) is 6.54 Å². The smallest absolute Gasteiger partial charge is 0.134 e. The van der Waals surface area contributed by atoms with E-state index in [1.54, 1.807) is 0 Å². The van der Waals surface area contributed by atoms with Crippen molar-refractivity contribution in [3.05, 3.63) is 54.0 Å². The van der Waals surface area contributed by atoms with Crippen LogP contribution in [0.1, 0.15) is 30.5 Å². The van der Waals surface area contributed by atoms with Crippen LogP contribution in [-0.4, -0.2) is 16.3 Å². The van der Waals surface area contributed by atoms with Crippen LogP contribution in [0.3, 0.4) is 0 Å². The monoisotopic (exact) mass is 283 g/mol. The first-order chi connectivity index (χ1) is 10.3. The van der Waals surface area contributed by atoms with Crippen molar-refractivity contribution in [3.63, 3.8) is 0 Å². The largest absolute Gasteiger partial charge is 0.464 e. The van der Waals surface area contributed by atoms with Crippen molar-refractivity contribution in [3.8, 4) is 0 Å². The van der Waals surface area contributed by atoms with Gasteiger partial charge in [0.1, 0.15) is 5.58 Å². The van der Waals surface area contributed by atoms with Crippen molar-refractivity contribution in [2.24, 2.45) is 7.05 Å². The number of furan rings is 1. The molecule has 4 heteroatoms. The lowest BCUT2D eigenvalue weighted by molar-refractivity contribution is 0.519. The number of hydrogen-bond donors (Lipinski definition) is 1. The average Bonchev–Trinajstić information content (AvgIpc) is 3.09. The quantitative estimate of drug-likeness (QED) is 0.753. The van der Waals surface area contributed by atoms with Gasteiger partial charge in [-0.25, -0.2) is 0 Å². The zero-order chi connectivity index (χ0) is 14.7. The maximum absolute atomic E-state index is 5.69. The molecule has 2 heterocycles. The topological polar surface area (TPSA) is 43.0 Å². The number of rotatable bonds is 6. The highest BCUT2D eigenvalue weighted by molar-refractivity contribution is 5.81.